The van der Waals surface area contributed by atoms with E-state index in [4.69, 9.17) is 4.74 Å². The number of hydrogen-bond acceptors (Lipinski definition) is 3. The summed E-state index contributed by atoms with van der Waals surface area (Å²) in [6.07, 6.45) is 0.886. The summed E-state index contributed by atoms with van der Waals surface area (Å²) in [5.74, 6) is 0.0246. The van der Waals surface area contributed by atoms with E-state index in [1.165, 1.54) is 5.56 Å². The van der Waals surface area contributed by atoms with Crippen molar-refractivity contribution in [3.05, 3.63) is 65.7 Å². The van der Waals surface area contributed by atoms with Crippen molar-refractivity contribution in [1.82, 2.24) is 0 Å². The van der Waals surface area contributed by atoms with Crippen LogP contribution in [-0.4, -0.2) is 18.5 Å². The molecule has 2 aromatic carbocycles. The number of nitrogens with one attached hydrogen (secondary N) is 1. The van der Waals surface area contributed by atoms with Crippen LogP contribution in [0.5, 0.6) is 0 Å². The van der Waals surface area contributed by atoms with E-state index >= 15 is 0 Å². The average molecular weight is 309 g/mol. The minimum absolute atomic E-state index is 0.0298. The first-order chi connectivity index (χ1) is 11.2. The third-order valence-electron chi connectivity index (χ3n) is 4.02. The van der Waals surface area contributed by atoms with E-state index in [1.807, 2.05) is 18.2 Å². The van der Waals surface area contributed by atoms with Crippen molar-refractivity contribution in [3.8, 4) is 0 Å². The molecular formula is C19H19NO3. The molecule has 1 aliphatic carbocycles. The Balaban J connectivity index is 1.58. The van der Waals surface area contributed by atoms with Gasteiger partial charge in [0.2, 0.25) is 5.91 Å². The summed E-state index contributed by atoms with van der Waals surface area (Å²) < 4.78 is 4.93. The molecule has 1 N–H and O–H groups in total. The average Bonchev–Trinajstić information content (AvgIpc) is 3.37. The number of benzene rings is 2. The van der Waals surface area contributed by atoms with Gasteiger partial charge in [-0.05, 0) is 49.1 Å². The van der Waals surface area contributed by atoms with Gasteiger partial charge in [-0.3, -0.25) is 4.79 Å². The van der Waals surface area contributed by atoms with E-state index in [0.29, 0.717) is 23.8 Å². The van der Waals surface area contributed by atoms with Crippen molar-refractivity contribution in [2.75, 3.05) is 11.9 Å². The lowest BCUT2D eigenvalue weighted by molar-refractivity contribution is -0.117. The predicted octanol–water partition coefficient (Wildman–Crippen LogP) is 3.61. The van der Waals surface area contributed by atoms with Gasteiger partial charge in [-0.1, -0.05) is 30.3 Å². The van der Waals surface area contributed by atoms with E-state index in [1.54, 1.807) is 31.2 Å². The molecule has 3 rings (SSSR count). The van der Waals surface area contributed by atoms with Gasteiger partial charge in [0.05, 0.1) is 12.2 Å². The maximum Gasteiger partial charge on any atom is 0.338 e. The van der Waals surface area contributed by atoms with Gasteiger partial charge in [0.1, 0.15) is 0 Å². The molecule has 118 valence electrons. The second-order valence-electron chi connectivity index (χ2n) is 5.65. The summed E-state index contributed by atoms with van der Waals surface area (Å²) in [7, 11) is 0. The van der Waals surface area contributed by atoms with Gasteiger partial charge in [-0.2, -0.15) is 0 Å². The molecule has 1 saturated carbocycles. The Morgan fingerprint density at radius 3 is 2.43 bits per heavy atom. The largest absolute Gasteiger partial charge is 0.462 e. The van der Waals surface area contributed by atoms with Crippen molar-refractivity contribution >= 4 is 17.6 Å². The Morgan fingerprint density at radius 1 is 1.09 bits per heavy atom. The zero-order chi connectivity index (χ0) is 16.2. The summed E-state index contributed by atoms with van der Waals surface area (Å²) in [4.78, 5) is 23.9. The lowest BCUT2D eigenvalue weighted by atomic mass is 10.1. The molecule has 1 aliphatic rings. The summed E-state index contributed by atoms with van der Waals surface area (Å²) in [6, 6.07) is 16.9. The fraction of sp³-hybridized carbons (Fsp3) is 0.263. The first kappa shape index (κ1) is 15.3. The highest BCUT2D eigenvalue weighted by Crippen LogP contribution is 2.47. The molecule has 0 bridgehead atoms. The standard InChI is InChI=1S/C19H19NO3/c1-2-23-19(22)14-8-10-15(11-9-14)20-18(21)17-12-16(17)13-6-4-3-5-7-13/h3-11,16-17H,2,12H2,1H3,(H,20,21)/t16-,17+/m0/s1. The van der Waals surface area contributed by atoms with Crippen LogP contribution >= 0.6 is 0 Å². The van der Waals surface area contributed by atoms with Crippen LogP contribution in [0.15, 0.2) is 54.6 Å². The number of amides is 1. The Bertz CT molecular complexity index is 694. The smallest absolute Gasteiger partial charge is 0.338 e. The highest BCUT2D eigenvalue weighted by Gasteiger charge is 2.43. The van der Waals surface area contributed by atoms with Crippen molar-refractivity contribution < 1.29 is 14.3 Å². The van der Waals surface area contributed by atoms with E-state index in [-0.39, 0.29) is 17.8 Å². The highest BCUT2D eigenvalue weighted by molar-refractivity contribution is 5.96. The van der Waals surface area contributed by atoms with Gasteiger partial charge in [0, 0.05) is 11.6 Å². The Kier molecular flexibility index (Phi) is 4.42. The minimum Gasteiger partial charge on any atom is -0.462 e. The zero-order valence-corrected chi connectivity index (χ0v) is 13.0. The maximum atomic E-state index is 12.3. The number of hydrogen-bond donors (Lipinski definition) is 1. The molecule has 2 atom stereocenters. The van der Waals surface area contributed by atoms with Crippen LogP contribution in [0.25, 0.3) is 0 Å². The number of carbonyl (C=O) groups excluding carboxylic acids is 2. The van der Waals surface area contributed by atoms with Gasteiger partial charge < -0.3 is 10.1 Å². The van der Waals surface area contributed by atoms with Crippen LogP contribution in [0.4, 0.5) is 5.69 Å². The molecule has 4 heteroatoms. The monoisotopic (exact) mass is 309 g/mol. The first-order valence-corrected chi connectivity index (χ1v) is 7.82. The molecule has 1 fully saturated rings. The lowest BCUT2D eigenvalue weighted by Crippen LogP contribution is -2.14. The third-order valence-corrected chi connectivity index (χ3v) is 4.02. The molecule has 2 aromatic rings. The molecular weight excluding hydrogens is 290 g/mol. The fourth-order valence-corrected chi connectivity index (χ4v) is 2.69. The summed E-state index contributed by atoms with van der Waals surface area (Å²) in [5, 5.41) is 2.91. The first-order valence-electron chi connectivity index (χ1n) is 7.82. The van der Waals surface area contributed by atoms with Crippen LogP contribution in [-0.2, 0) is 9.53 Å². The topological polar surface area (TPSA) is 55.4 Å². The summed E-state index contributed by atoms with van der Waals surface area (Å²) in [6.45, 7) is 2.12. The lowest BCUT2D eigenvalue weighted by Gasteiger charge is -2.06. The van der Waals surface area contributed by atoms with Crippen molar-refractivity contribution in [2.24, 2.45) is 5.92 Å². The molecule has 0 aliphatic heterocycles. The van der Waals surface area contributed by atoms with Crippen LogP contribution in [0.2, 0.25) is 0 Å². The van der Waals surface area contributed by atoms with Gasteiger partial charge in [-0.15, -0.1) is 0 Å². The van der Waals surface area contributed by atoms with E-state index < -0.39 is 0 Å². The zero-order valence-electron chi connectivity index (χ0n) is 13.0. The molecule has 0 aromatic heterocycles. The summed E-state index contributed by atoms with van der Waals surface area (Å²) in [5.41, 5.74) is 2.39. The van der Waals surface area contributed by atoms with Crippen LogP contribution in [0, 0.1) is 5.92 Å². The quantitative estimate of drug-likeness (QED) is 0.859. The Hall–Kier alpha value is -2.62. The number of ether oxygens (including phenoxy) is 1. The van der Waals surface area contributed by atoms with Gasteiger partial charge in [-0.25, -0.2) is 4.79 Å². The minimum atomic E-state index is -0.350. The molecule has 23 heavy (non-hydrogen) atoms. The number of rotatable bonds is 5. The molecule has 0 heterocycles. The molecule has 0 spiro atoms. The van der Waals surface area contributed by atoms with E-state index in [9.17, 15) is 9.59 Å². The van der Waals surface area contributed by atoms with Gasteiger partial charge >= 0.3 is 5.97 Å². The van der Waals surface area contributed by atoms with Crippen LogP contribution < -0.4 is 5.32 Å². The molecule has 0 unspecified atom stereocenters. The van der Waals surface area contributed by atoms with Crippen molar-refractivity contribution in [3.63, 3.8) is 0 Å². The Morgan fingerprint density at radius 2 is 1.78 bits per heavy atom. The number of carbonyl (C=O) groups is 2. The molecule has 0 radical (unpaired) electrons. The second-order valence-corrected chi connectivity index (χ2v) is 5.65. The SMILES string of the molecule is CCOC(=O)c1ccc(NC(=O)[C@@H]2C[C@H]2c2ccccc2)cc1. The highest BCUT2D eigenvalue weighted by atomic mass is 16.5. The van der Waals surface area contributed by atoms with E-state index in [2.05, 4.69) is 17.4 Å². The summed E-state index contributed by atoms with van der Waals surface area (Å²) >= 11 is 0. The number of anilines is 1. The van der Waals surface area contributed by atoms with Gasteiger partial charge in [0.15, 0.2) is 0 Å². The van der Waals surface area contributed by atoms with Crippen molar-refractivity contribution in [2.45, 2.75) is 19.3 Å². The third kappa shape index (κ3) is 3.59. The van der Waals surface area contributed by atoms with Crippen LogP contribution in [0.3, 0.4) is 0 Å². The Labute approximate surface area is 135 Å². The maximum absolute atomic E-state index is 12.3. The molecule has 0 saturated heterocycles. The second kappa shape index (κ2) is 6.65. The van der Waals surface area contributed by atoms with E-state index in [0.717, 1.165) is 6.42 Å². The van der Waals surface area contributed by atoms with Gasteiger partial charge in [0.25, 0.3) is 0 Å². The van der Waals surface area contributed by atoms with Crippen molar-refractivity contribution in [1.29, 1.82) is 0 Å². The number of esters is 1. The predicted molar refractivity (Wildman–Crippen MR) is 88.3 cm³/mol. The fourth-order valence-electron chi connectivity index (χ4n) is 2.69. The van der Waals surface area contributed by atoms with Crippen LogP contribution in [0.1, 0.15) is 35.2 Å². The molecule has 1 amide bonds. The molecule has 4 nitrogen and oxygen atoms in total. The normalized spacial score (nSPS) is 19.0.